The first-order chi connectivity index (χ1) is 6.82. The number of ether oxygens (including phenoxy) is 1. The van der Waals surface area contributed by atoms with Crippen molar-refractivity contribution in [3.63, 3.8) is 0 Å². The largest absolute Gasteiger partial charge is 0.479 e. The van der Waals surface area contributed by atoms with Crippen molar-refractivity contribution in [2.75, 3.05) is 0 Å². The molecule has 16 heavy (non-hydrogen) atoms. The van der Waals surface area contributed by atoms with Crippen LogP contribution in [0.25, 0.3) is 0 Å². The van der Waals surface area contributed by atoms with Crippen LogP contribution >= 0.6 is 0 Å². The molecule has 0 aliphatic rings. The first kappa shape index (κ1) is 14.9. The van der Waals surface area contributed by atoms with E-state index in [0.717, 1.165) is 13.8 Å². The lowest BCUT2D eigenvalue weighted by Crippen LogP contribution is -2.69. The van der Waals surface area contributed by atoms with Crippen molar-refractivity contribution in [1.29, 1.82) is 0 Å². The Kier molecular flexibility index (Phi) is 3.74. The quantitative estimate of drug-likeness (QED) is 0.463. The lowest BCUT2D eigenvalue weighted by atomic mass is 9.83. The minimum atomic E-state index is -2.49. The number of hydrogen-bond acceptors (Lipinski definition) is 5. The predicted octanol–water partition coefficient (Wildman–Crippen LogP) is -0.119. The Morgan fingerprint density at radius 3 is 1.69 bits per heavy atom. The molecule has 0 heterocycles. The summed E-state index contributed by atoms with van der Waals surface area (Å²) in [5.41, 5.74) is 0.157. The van der Waals surface area contributed by atoms with E-state index in [1.54, 1.807) is 20.8 Å². The molecule has 0 aromatic rings. The van der Waals surface area contributed by atoms with E-state index >= 15 is 0 Å². The average molecular weight is 233 g/mol. The maximum absolute atomic E-state index is 11.7. The van der Waals surface area contributed by atoms with Crippen LogP contribution < -0.4 is 5.73 Å². The minimum absolute atomic E-state index is 0.873. The first-order valence-corrected chi connectivity index (χ1v) is 4.80. The lowest BCUT2D eigenvalue weighted by molar-refractivity contribution is -0.180. The standard InChI is InChI=1S/C10H19NO5/c1-8(2,3)16-7(14)10(11,6(12)13)9(4,5)15/h15H,11H2,1-5H3,(H,12,13). The Balaban J connectivity index is 5.26. The highest BCUT2D eigenvalue weighted by atomic mass is 16.6. The minimum Gasteiger partial charge on any atom is -0.479 e. The molecule has 0 rings (SSSR count). The molecule has 0 aliphatic carbocycles. The number of esters is 1. The summed E-state index contributed by atoms with van der Waals surface area (Å²) in [6, 6.07) is 0. The summed E-state index contributed by atoms with van der Waals surface area (Å²) in [5, 5.41) is 18.6. The molecule has 4 N–H and O–H groups in total. The summed E-state index contributed by atoms with van der Waals surface area (Å²) in [5.74, 6) is -2.80. The van der Waals surface area contributed by atoms with Crippen LogP contribution in [0.3, 0.4) is 0 Å². The first-order valence-electron chi connectivity index (χ1n) is 4.80. The molecule has 0 aliphatic heterocycles. The number of hydrogen-bond donors (Lipinski definition) is 3. The highest BCUT2D eigenvalue weighted by Gasteiger charge is 2.56. The van der Waals surface area contributed by atoms with Crippen LogP contribution in [0, 0.1) is 0 Å². The van der Waals surface area contributed by atoms with Crippen molar-refractivity contribution >= 4 is 11.9 Å². The van der Waals surface area contributed by atoms with E-state index in [9.17, 15) is 14.7 Å². The van der Waals surface area contributed by atoms with E-state index in [-0.39, 0.29) is 0 Å². The van der Waals surface area contributed by atoms with Crippen molar-refractivity contribution in [2.45, 2.75) is 51.4 Å². The summed E-state index contributed by atoms with van der Waals surface area (Å²) >= 11 is 0. The Morgan fingerprint density at radius 2 is 1.50 bits per heavy atom. The number of aliphatic carboxylic acids is 1. The molecule has 0 fully saturated rings. The van der Waals surface area contributed by atoms with Gasteiger partial charge < -0.3 is 20.7 Å². The van der Waals surface area contributed by atoms with Crippen LogP contribution in [0.1, 0.15) is 34.6 Å². The monoisotopic (exact) mass is 233 g/mol. The lowest BCUT2D eigenvalue weighted by Gasteiger charge is -2.35. The van der Waals surface area contributed by atoms with Crippen molar-refractivity contribution in [2.24, 2.45) is 5.73 Å². The van der Waals surface area contributed by atoms with Gasteiger partial charge in [-0.3, -0.25) is 0 Å². The summed E-state index contributed by atoms with van der Waals surface area (Å²) in [6.07, 6.45) is 0. The SMILES string of the molecule is CC(C)(C)OC(=O)C(N)(C(=O)O)C(C)(C)O. The van der Waals surface area contributed by atoms with Crippen molar-refractivity contribution in [1.82, 2.24) is 0 Å². The Labute approximate surface area is 94.4 Å². The van der Waals surface area contributed by atoms with Gasteiger partial charge in [0.05, 0.1) is 5.60 Å². The zero-order valence-electron chi connectivity index (χ0n) is 10.2. The van der Waals surface area contributed by atoms with Gasteiger partial charge in [-0.05, 0) is 34.6 Å². The fourth-order valence-corrected chi connectivity index (χ4v) is 0.957. The van der Waals surface area contributed by atoms with Gasteiger partial charge in [0.1, 0.15) is 5.60 Å². The number of nitrogens with two attached hydrogens (primary N) is 1. The highest BCUT2D eigenvalue weighted by molar-refractivity contribution is 6.05. The third-order valence-electron chi connectivity index (χ3n) is 2.02. The molecular formula is C10H19NO5. The summed E-state index contributed by atoms with van der Waals surface area (Å²) in [7, 11) is 0. The van der Waals surface area contributed by atoms with E-state index in [4.69, 9.17) is 15.6 Å². The number of carbonyl (C=O) groups is 2. The second-order valence-electron chi connectivity index (χ2n) is 5.17. The van der Waals surface area contributed by atoms with Gasteiger partial charge in [0.15, 0.2) is 0 Å². The van der Waals surface area contributed by atoms with Crippen LogP contribution in [0.5, 0.6) is 0 Å². The van der Waals surface area contributed by atoms with Crippen LogP contribution in [0.4, 0.5) is 0 Å². The smallest absolute Gasteiger partial charge is 0.341 e. The number of rotatable bonds is 3. The van der Waals surface area contributed by atoms with E-state index in [2.05, 4.69) is 0 Å². The van der Waals surface area contributed by atoms with Crippen molar-refractivity contribution < 1.29 is 24.5 Å². The Bertz CT molecular complexity index is 299. The van der Waals surface area contributed by atoms with E-state index in [1.807, 2.05) is 0 Å². The molecule has 0 saturated carbocycles. The molecule has 94 valence electrons. The zero-order valence-corrected chi connectivity index (χ0v) is 10.2. The molecule has 0 aromatic carbocycles. The fraction of sp³-hybridized carbons (Fsp3) is 0.800. The maximum atomic E-state index is 11.7. The van der Waals surface area contributed by atoms with E-state index < -0.39 is 28.7 Å². The molecule has 6 heteroatoms. The van der Waals surface area contributed by atoms with Gasteiger partial charge in [0, 0.05) is 0 Å². The zero-order chi connectivity index (χ0) is 13.4. The molecule has 6 nitrogen and oxygen atoms in total. The number of carbonyl (C=O) groups excluding carboxylic acids is 1. The third-order valence-corrected chi connectivity index (χ3v) is 2.02. The fourth-order valence-electron chi connectivity index (χ4n) is 0.957. The van der Waals surface area contributed by atoms with Crippen molar-refractivity contribution in [3.8, 4) is 0 Å². The van der Waals surface area contributed by atoms with Crippen LogP contribution in [0.2, 0.25) is 0 Å². The number of carboxylic acid groups (broad SMARTS) is 1. The average Bonchev–Trinajstić information content (AvgIpc) is 1.96. The van der Waals surface area contributed by atoms with E-state index in [0.29, 0.717) is 0 Å². The molecule has 0 radical (unpaired) electrons. The van der Waals surface area contributed by atoms with Gasteiger partial charge in [0.25, 0.3) is 0 Å². The molecule has 0 amide bonds. The molecule has 1 atom stereocenters. The number of carboxylic acids is 1. The second-order valence-corrected chi connectivity index (χ2v) is 5.17. The van der Waals surface area contributed by atoms with E-state index in [1.165, 1.54) is 0 Å². The summed E-state index contributed by atoms with van der Waals surface area (Å²) in [4.78, 5) is 22.7. The van der Waals surface area contributed by atoms with Gasteiger partial charge >= 0.3 is 11.9 Å². The third kappa shape index (κ3) is 2.93. The summed E-state index contributed by atoms with van der Waals surface area (Å²) < 4.78 is 4.89. The Hall–Kier alpha value is -1.14. The van der Waals surface area contributed by atoms with Crippen molar-refractivity contribution in [3.05, 3.63) is 0 Å². The van der Waals surface area contributed by atoms with Crippen LogP contribution in [-0.4, -0.2) is 38.9 Å². The van der Waals surface area contributed by atoms with Gasteiger partial charge in [-0.25, -0.2) is 9.59 Å². The Morgan fingerprint density at radius 1 is 1.12 bits per heavy atom. The van der Waals surface area contributed by atoms with Crippen LogP contribution in [-0.2, 0) is 14.3 Å². The topological polar surface area (TPSA) is 110 Å². The highest BCUT2D eigenvalue weighted by Crippen LogP contribution is 2.23. The van der Waals surface area contributed by atoms with Crippen LogP contribution in [0.15, 0.2) is 0 Å². The predicted molar refractivity (Wildman–Crippen MR) is 56.7 cm³/mol. The molecule has 0 bridgehead atoms. The summed E-state index contributed by atoms with van der Waals surface area (Å²) in [6.45, 7) is 7.03. The second kappa shape index (κ2) is 4.03. The maximum Gasteiger partial charge on any atom is 0.341 e. The van der Waals surface area contributed by atoms with Gasteiger partial charge in [-0.15, -0.1) is 0 Å². The molecule has 0 spiro atoms. The van der Waals surface area contributed by atoms with Gasteiger partial charge in [-0.2, -0.15) is 0 Å². The molecule has 0 aromatic heterocycles. The molecule has 1 unspecified atom stereocenters. The van der Waals surface area contributed by atoms with Gasteiger partial charge in [-0.1, -0.05) is 0 Å². The normalized spacial score (nSPS) is 16.4. The molecular weight excluding hydrogens is 214 g/mol. The molecule has 0 saturated heterocycles. The van der Waals surface area contributed by atoms with Gasteiger partial charge in [0.2, 0.25) is 5.54 Å². The number of aliphatic hydroxyl groups is 1.